The highest BCUT2D eigenvalue weighted by atomic mass is 16.4. The number of likely N-dealkylation sites (N-methyl/N-ethyl adjacent to an activating group) is 1. The van der Waals surface area contributed by atoms with Crippen molar-refractivity contribution >= 4 is 40.9 Å². The van der Waals surface area contributed by atoms with E-state index >= 15 is 0 Å². The lowest BCUT2D eigenvalue weighted by Gasteiger charge is -2.35. The number of carboxylic acid groups (broad SMARTS) is 2. The van der Waals surface area contributed by atoms with Gasteiger partial charge < -0.3 is 26.2 Å². The van der Waals surface area contributed by atoms with E-state index in [4.69, 9.17) is 10.2 Å². The molecule has 0 spiro atoms. The molecule has 0 aliphatic carbocycles. The van der Waals surface area contributed by atoms with Crippen molar-refractivity contribution in [3.8, 4) is 0 Å². The lowest BCUT2D eigenvalue weighted by Crippen LogP contribution is -2.42. The number of benzene rings is 2. The van der Waals surface area contributed by atoms with E-state index < -0.39 is 17.5 Å². The molecule has 0 saturated carbocycles. The van der Waals surface area contributed by atoms with E-state index in [0.717, 1.165) is 0 Å². The number of nitrogens with zero attached hydrogens (tertiary/aromatic N) is 7. The van der Waals surface area contributed by atoms with Gasteiger partial charge in [0.25, 0.3) is 0 Å². The SMILES string of the molecule is CN(C)C1(c2ncnc(Nc3ccc(C(=O)O)cc3)n2)C=CNC(c2ncnc(Nc3ccc(C(=O)O)cc3)n2)=C1. The molecule has 4 aromatic rings. The summed E-state index contributed by atoms with van der Waals surface area (Å²) in [6.45, 7) is 0. The smallest absolute Gasteiger partial charge is 0.335 e. The van der Waals surface area contributed by atoms with Crippen LogP contribution in [0.2, 0.25) is 0 Å². The van der Waals surface area contributed by atoms with Gasteiger partial charge in [-0.15, -0.1) is 0 Å². The van der Waals surface area contributed by atoms with Crippen LogP contribution in [0, 0.1) is 0 Å². The molecule has 3 heterocycles. The van der Waals surface area contributed by atoms with Gasteiger partial charge in [0.05, 0.1) is 16.8 Å². The summed E-state index contributed by atoms with van der Waals surface area (Å²) >= 11 is 0. The van der Waals surface area contributed by atoms with Crippen molar-refractivity contribution < 1.29 is 19.8 Å². The number of aromatic carboxylic acids is 2. The number of anilines is 4. The van der Waals surface area contributed by atoms with Crippen LogP contribution in [0.25, 0.3) is 5.70 Å². The predicted octanol–water partition coefficient (Wildman–Crippen LogP) is 2.86. The van der Waals surface area contributed by atoms with E-state index in [1.54, 1.807) is 30.5 Å². The molecule has 2 aromatic heterocycles. The highest BCUT2D eigenvalue weighted by Crippen LogP contribution is 2.33. The monoisotopic (exact) mass is 552 g/mol. The van der Waals surface area contributed by atoms with Crippen LogP contribution in [0.4, 0.5) is 23.3 Å². The Balaban J connectivity index is 1.42. The molecule has 1 aliphatic rings. The van der Waals surface area contributed by atoms with Crippen molar-refractivity contribution in [3.05, 3.63) is 102 Å². The molecular weight excluding hydrogens is 528 g/mol. The average Bonchev–Trinajstić information content (AvgIpc) is 2.98. The van der Waals surface area contributed by atoms with Crippen molar-refractivity contribution in [1.82, 2.24) is 40.1 Å². The summed E-state index contributed by atoms with van der Waals surface area (Å²) in [5.74, 6) is -0.701. The molecule has 0 bridgehead atoms. The molecule has 0 fully saturated rings. The quantitative estimate of drug-likeness (QED) is 0.204. The van der Waals surface area contributed by atoms with Crippen molar-refractivity contribution in [1.29, 1.82) is 0 Å². The third kappa shape index (κ3) is 5.81. The molecule has 206 valence electrons. The molecule has 1 atom stereocenters. The van der Waals surface area contributed by atoms with Gasteiger partial charge in [-0.2, -0.15) is 9.97 Å². The topological polar surface area (TPSA) is 191 Å². The molecule has 5 rings (SSSR count). The van der Waals surface area contributed by atoms with Crippen LogP contribution < -0.4 is 16.0 Å². The highest BCUT2D eigenvalue weighted by molar-refractivity contribution is 5.88. The number of aromatic nitrogens is 6. The fourth-order valence-electron chi connectivity index (χ4n) is 4.00. The molecule has 1 unspecified atom stereocenters. The maximum absolute atomic E-state index is 11.1. The zero-order valence-electron chi connectivity index (χ0n) is 21.8. The van der Waals surface area contributed by atoms with Gasteiger partial charge in [0, 0.05) is 11.4 Å². The summed E-state index contributed by atoms with van der Waals surface area (Å²) in [6, 6.07) is 12.4. The van der Waals surface area contributed by atoms with Crippen LogP contribution in [-0.4, -0.2) is 71.1 Å². The molecule has 14 nitrogen and oxygen atoms in total. The van der Waals surface area contributed by atoms with E-state index in [0.29, 0.717) is 28.7 Å². The molecule has 0 amide bonds. The summed E-state index contributed by atoms with van der Waals surface area (Å²) in [5.41, 5.74) is 1.24. The van der Waals surface area contributed by atoms with Gasteiger partial charge in [-0.3, -0.25) is 4.90 Å². The van der Waals surface area contributed by atoms with E-state index in [-0.39, 0.29) is 23.0 Å². The summed E-state index contributed by atoms with van der Waals surface area (Å²) in [6.07, 6.45) is 8.29. The Bertz CT molecular complexity index is 1660. The lowest BCUT2D eigenvalue weighted by atomic mass is 9.93. The largest absolute Gasteiger partial charge is 0.478 e. The maximum Gasteiger partial charge on any atom is 0.335 e. The fourth-order valence-corrected chi connectivity index (χ4v) is 4.00. The highest BCUT2D eigenvalue weighted by Gasteiger charge is 2.36. The number of nitrogens with one attached hydrogen (secondary N) is 3. The van der Waals surface area contributed by atoms with Crippen LogP contribution in [0.15, 0.2) is 79.5 Å². The first-order valence-electron chi connectivity index (χ1n) is 12.2. The van der Waals surface area contributed by atoms with Gasteiger partial charge in [0.15, 0.2) is 11.6 Å². The van der Waals surface area contributed by atoms with E-state index in [2.05, 4.69) is 45.9 Å². The summed E-state index contributed by atoms with van der Waals surface area (Å²) in [7, 11) is 3.76. The van der Waals surface area contributed by atoms with E-state index in [9.17, 15) is 9.59 Å². The standard InChI is InChI=1S/C27H24N10O4/c1-37(2)27(24-30-15-32-26(36-24)34-19-9-5-17(6-10-19)23(40)41)11-12-28-20(13-27)21-29-14-31-25(35-21)33-18-7-3-16(4-8-18)22(38)39/h3-15,28H,1-2H3,(H,38,39)(H,40,41)(H,29,31,33,35)(H,30,32,34,36). The molecule has 1 aliphatic heterocycles. The third-order valence-electron chi connectivity index (χ3n) is 6.20. The molecule has 5 N–H and O–H groups in total. The number of carbonyl (C=O) groups is 2. The average molecular weight is 553 g/mol. The third-order valence-corrected chi connectivity index (χ3v) is 6.20. The van der Waals surface area contributed by atoms with Crippen molar-refractivity contribution in [3.63, 3.8) is 0 Å². The maximum atomic E-state index is 11.1. The first-order valence-corrected chi connectivity index (χ1v) is 12.2. The van der Waals surface area contributed by atoms with Crippen LogP contribution >= 0.6 is 0 Å². The molecule has 41 heavy (non-hydrogen) atoms. The van der Waals surface area contributed by atoms with Gasteiger partial charge in [0.2, 0.25) is 11.9 Å². The minimum absolute atomic E-state index is 0.169. The second kappa shape index (κ2) is 11.2. The normalized spacial score (nSPS) is 16.0. The second-order valence-corrected chi connectivity index (χ2v) is 9.04. The Labute approximate surface area is 233 Å². The predicted molar refractivity (Wildman–Crippen MR) is 149 cm³/mol. The summed E-state index contributed by atoms with van der Waals surface area (Å²) in [4.78, 5) is 50.5. The van der Waals surface area contributed by atoms with Gasteiger partial charge in [-0.1, -0.05) is 0 Å². The van der Waals surface area contributed by atoms with Crippen molar-refractivity contribution in [2.45, 2.75) is 5.54 Å². The van der Waals surface area contributed by atoms with Gasteiger partial charge in [0.1, 0.15) is 18.2 Å². The van der Waals surface area contributed by atoms with E-state index in [1.165, 1.54) is 36.9 Å². The Morgan fingerprint density at radius 1 is 0.780 bits per heavy atom. The molecular formula is C27H24N10O4. The Hall–Kier alpha value is -5.76. The number of hydrogen-bond donors (Lipinski definition) is 5. The van der Waals surface area contributed by atoms with Crippen LogP contribution in [0.3, 0.4) is 0 Å². The van der Waals surface area contributed by atoms with Crippen molar-refractivity contribution in [2.75, 3.05) is 24.7 Å². The van der Waals surface area contributed by atoms with Gasteiger partial charge >= 0.3 is 11.9 Å². The Morgan fingerprint density at radius 2 is 1.32 bits per heavy atom. The first-order chi connectivity index (χ1) is 19.7. The van der Waals surface area contributed by atoms with Crippen LogP contribution in [0.5, 0.6) is 0 Å². The van der Waals surface area contributed by atoms with E-state index in [1.807, 2.05) is 31.1 Å². The second-order valence-electron chi connectivity index (χ2n) is 9.04. The number of carboxylic acids is 2. The fraction of sp³-hybridized carbons (Fsp3) is 0.111. The summed E-state index contributed by atoms with van der Waals surface area (Å²) < 4.78 is 0. The molecule has 0 saturated heterocycles. The molecule has 14 heteroatoms. The van der Waals surface area contributed by atoms with Gasteiger partial charge in [-0.25, -0.2) is 29.5 Å². The molecule has 2 aromatic carbocycles. The van der Waals surface area contributed by atoms with Crippen molar-refractivity contribution in [2.24, 2.45) is 0 Å². The van der Waals surface area contributed by atoms with Crippen LogP contribution in [0.1, 0.15) is 32.4 Å². The number of rotatable bonds is 9. The minimum atomic E-state index is -1.01. The minimum Gasteiger partial charge on any atom is -0.478 e. The Kier molecular flexibility index (Phi) is 7.30. The lowest BCUT2D eigenvalue weighted by molar-refractivity contribution is 0.0686. The summed E-state index contributed by atoms with van der Waals surface area (Å²) in [5, 5.41) is 27.5. The number of dihydropyridines is 1. The molecule has 0 radical (unpaired) electrons. The van der Waals surface area contributed by atoms with Gasteiger partial charge in [-0.05, 0) is 81.0 Å². The zero-order chi connectivity index (χ0) is 29.0. The number of hydrogen-bond acceptors (Lipinski definition) is 12. The Morgan fingerprint density at radius 3 is 1.85 bits per heavy atom. The zero-order valence-corrected chi connectivity index (χ0v) is 21.8. The first kappa shape index (κ1) is 26.8. The van der Waals surface area contributed by atoms with Crippen LogP contribution in [-0.2, 0) is 5.54 Å².